The predicted octanol–water partition coefficient (Wildman–Crippen LogP) is 1.38. The van der Waals surface area contributed by atoms with E-state index in [4.69, 9.17) is 4.74 Å². The van der Waals surface area contributed by atoms with E-state index in [-0.39, 0.29) is 5.54 Å². The summed E-state index contributed by atoms with van der Waals surface area (Å²) in [5.41, 5.74) is 0.0736. The number of nitrogens with one attached hydrogen (secondary N) is 1. The SMILES string of the molecule is CC(C)(C)NCc1nnnn1CCCOCC1CC1. The Balaban J connectivity index is 1.66. The van der Waals surface area contributed by atoms with Crippen molar-refractivity contribution in [2.24, 2.45) is 5.92 Å². The number of aryl methyl sites for hydroxylation is 1. The molecule has 2 rings (SSSR count). The summed E-state index contributed by atoms with van der Waals surface area (Å²) < 4.78 is 7.47. The quantitative estimate of drug-likeness (QED) is 0.721. The number of tetrazole rings is 1. The Morgan fingerprint density at radius 1 is 1.37 bits per heavy atom. The zero-order valence-corrected chi connectivity index (χ0v) is 12.2. The van der Waals surface area contributed by atoms with Gasteiger partial charge in [-0.25, -0.2) is 4.68 Å². The lowest BCUT2D eigenvalue weighted by atomic mass is 10.1. The van der Waals surface area contributed by atoms with Gasteiger partial charge in [-0.1, -0.05) is 0 Å². The molecule has 0 atom stereocenters. The van der Waals surface area contributed by atoms with E-state index in [0.29, 0.717) is 6.54 Å². The third-order valence-corrected chi connectivity index (χ3v) is 3.09. The summed E-state index contributed by atoms with van der Waals surface area (Å²) in [6.07, 6.45) is 3.64. The minimum atomic E-state index is 0.0736. The highest BCUT2D eigenvalue weighted by atomic mass is 16.5. The van der Waals surface area contributed by atoms with E-state index >= 15 is 0 Å². The first kappa shape index (κ1) is 14.4. The molecule has 6 heteroatoms. The first-order valence-electron chi connectivity index (χ1n) is 7.12. The Morgan fingerprint density at radius 2 is 2.16 bits per heavy atom. The van der Waals surface area contributed by atoms with Gasteiger partial charge in [0.25, 0.3) is 0 Å². The highest BCUT2D eigenvalue weighted by Gasteiger charge is 2.20. The normalized spacial score (nSPS) is 15.9. The maximum Gasteiger partial charge on any atom is 0.165 e. The average Bonchev–Trinajstić information content (AvgIpc) is 3.04. The third-order valence-electron chi connectivity index (χ3n) is 3.09. The largest absolute Gasteiger partial charge is 0.381 e. The molecule has 1 saturated carbocycles. The molecule has 19 heavy (non-hydrogen) atoms. The van der Waals surface area contributed by atoms with Gasteiger partial charge in [-0.05, 0) is 56.4 Å². The van der Waals surface area contributed by atoms with E-state index in [9.17, 15) is 0 Å². The summed E-state index contributed by atoms with van der Waals surface area (Å²) in [6, 6.07) is 0. The Labute approximate surface area is 114 Å². The molecule has 108 valence electrons. The zero-order chi connectivity index (χ0) is 13.7. The topological polar surface area (TPSA) is 64.9 Å². The van der Waals surface area contributed by atoms with Gasteiger partial charge in [-0.15, -0.1) is 5.10 Å². The predicted molar refractivity (Wildman–Crippen MR) is 72.6 cm³/mol. The smallest absolute Gasteiger partial charge is 0.165 e. The Bertz CT molecular complexity index is 381. The van der Waals surface area contributed by atoms with Crippen LogP contribution in [-0.2, 0) is 17.8 Å². The molecule has 0 radical (unpaired) electrons. The van der Waals surface area contributed by atoms with Crippen molar-refractivity contribution in [2.45, 2.75) is 58.7 Å². The van der Waals surface area contributed by atoms with Crippen LogP contribution in [0.3, 0.4) is 0 Å². The fraction of sp³-hybridized carbons (Fsp3) is 0.923. The van der Waals surface area contributed by atoms with Crippen LogP contribution in [0, 0.1) is 5.92 Å². The Morgan fingerprint density at radius 3 is 2.84 bits per heavy atom. The molecule has 0 aliphatic heterocycles. The van der Waals surface area contributed by atoms with Crippen molar-refractivity contribution in [2.75, 3.05) is 13.2 Å². The minimum Gasteiger partial charge on any atom is -0.381 e. The van der Waals surface area contributed by atoms with Gasteiger partial charge in [0.1, 0.15) is 0 Å². The van der Waals surface area contributed by atoms with Crippen LogP contribution >= 0.6 is 0 Å². The van der Waals surface area contributed by atoms with E-state index in [1.807, 2.05) is 4.68 Å². The molecule has 0 spiro atoms. The first-order chi connectivity index (χ1) is 9.04. The molecule has 1 aliphatic rings. The van der Waals surface area contributed by atoms with Crippen molar-refractivity contribution in [3.05, 3.63) is 5.82 Å². The van der Waals surface area contributed by atoms with Crippen molar-refractivity contribution in [3.63, 3.8) is 0 Å². The second kappa shape index (κ2) is 6.43. The van der Waals surface area contributed by atoms with E-state index in [1.165, 1.54) is 12.8 Å². The van der Waals surface area contributed by atoms with Gasteiger partial charge in [0.05, 0.1) is 6.54 Å². The van der Waals surface area contributed by atoms with Gasteiger partial charge < -0.3 is 10.1 Å². The van der Waals surface area contributed by atoms with Gasteiger partial charge in [-0.3, -0.25) is 0 Å². The summed E-state index contributed by atoms with van der Waals surface area (Å²) in [5.74, 6) is 1.72. The van der Waals surface area contributed by atoms with E-state index < -0.39 is 0 Å². The molecule has 0 saturated heterocycles. The minimum absolute atomic E-state index is 0.0736. The molecule has 1 heterocycles. The van der Waals surface area contributed by atoms with Gasteiger partial charge in [-0.2, -0.15) is 0 Å². The average molecular weight is 267 g/mol. The summed E-state index contributed by atoms with van der Waals surface area (Å²) >= 11 is 0. The van der Waals surface area contributed by atoms with Crippen LogP contribution in [0.4, 0.5) is 0 Å². The highest BCUT2D eigenvalue weighted by Crippen LogP contribution is 2.28. The molecule has 0 aromatic carbocycles. The molecular formula is C13H25N5O. The van der Waals surface area contributed by atoms with Crippen LogP contribution < -0.4 is 5.32 Å². The van der Waals surface area contributed by atoms with Crippen LogP contribution in [0.15, 0.2) is 0 Å². The zero-order valence-electron chi connectivity index (χ0n) is 12.2. The van der Waals surface area contributed by atoms with Gasteiger partial charge in [0.15, 0.2) is 5.82 Å². The van der Waals surface area contributed by atoms with Gasteiger partial charge in [0, 0.05) is 25.3 Å². The van der Waals surface area contributed by atoms with Gasteiger partial charge in [0.2, 0.25) is 0 Å². The van der Waals surface area contributed by atoms with E-state index in [0.717, 1.165) is 37.9 Å². The van der Waals surface area contributed by atoms with Crippen molar-refractivity contribution in [1.82, 2.24) is 25.5 Å². The van der Waals surface area contributed by atoms with E-state index in [1.54, 1.807) is 0 Å². The number of aromatic nitrogens is 4. The third kappa shape index (κ3) is 5.65. The first-order valence-corrected chi connectivity index (χ1v) is 7.12. The number of hydrogen-bond donors (Lipinski definition) is 1. The molecule has 0 unspecified atom stereocenters. The molecule has 0 bridgehead atoms. The van der Waals surface area contributed by atoms with Crippen molar-refractivity contribution >= 4 is 0 Å². The molecule has 1 aliphatic carbocycles. The second-order valence-corrected chi connectivity index (χ2v) is 6.29. The lowest BCUT2D eigenvalue weighted by Crippen LogP contribution is -2.36. The van der Waals surface area contributed by atoms with Gasteiger partial charge >= 0.3 is 0 Å². The number of nitrogens with zero attached hydrogens (tertiary/aromatic N) is 4. The summed E-state index contributed by atoms with van der Waals surface area (Å²) in [5, 5.41) is 15.2. The molecule has 1 aromatic heterocycles. The molecule has 1 aromatic rings. The molecule has 0 amide bonds. The fourth-order valence-electron chi connectivity index (χ4n) is 1.72. The van der Waals surface area contributed by atoms with Crippen LogP contribution in [0.25, 0.3) is 0 Å². The molecule has 6 nitrogen and oxygen atoms in total. The highest BCUT2D eigenvalue weighted by molar-refractivity contribution is 4.83. The van der Waals surface area contributed by atoms with Crippen LogP contribution in [0.2, 0.25) is 0 Å². The maximum absolute atomic E-state index is 5.61. The number of ether oxygens (including phenoxy) is 1. The molecule has 1 N–H and O–H groups in total. The fourth-order valence-corrected chi connectivity index (χ4v) is 1.72. The van der Waals surface area contributed by atoms with Crippen molar-refractivity contribution in [1.29, 1.82) is 0 Å². The standard InChI is InChI=1S/C13H25N5O/c1-13(2,3)14-9-12-15-16-17-18(12)7-4-8-19-10-11-5-6-11/h11,14H,4-10H2,1-3H3. The lowest BCUT2D eigenvalue weighted by molar-refractivity contribution is 0.118. The lowest BCUT2D eigenvalue weighted by Gasteiger charge is -2.19. The van der Waals surface area contributed by atoms with Crippen molar-refractivity contribution in [3.8, 4) is 0 Å². The van der Waals surface area contributed by atoms with Crippen LogP contribution in [0.5, 0.6) is 0 Å². The summed E-state index contributed by atoms with van der Waals surface area (Å²) in [7, 11) is 0. The van der Waals surface area contributed by atoms with Crippen LogP contribution in [-0.4, -0.2) is 39.0 Å². The summed E-state index contributed by atoms with van der Waals surface area (Å²) in [6.45, 7) is 9.63. The molecule has 1 fully saturated rings. The van der Waals surface area contributed by atoms with Crippen molar-refractivity contribution < 1.29 is 4.74 Å². The number of hydrogen-bond acceptors (Lipinski definition) is 5. The summed E-state index contributed by atoms with van der Waals surface area (Å²) in [4.78, 5) is 0. The number of rotatable bonds is 8. The van der Waals surface area contributed by atoms with E-state index in [2.05, 4.69) is 41.6 Å². The second-order valence-electron chi connectivity index (χ2n) is 6.29. The maximum atomic E-state index is 5.61. The Kier molecular flexibility index (Phi) is 4.87. The van der Waals surface area contributed by atoms with Crippen LogP contribution in [0.1, 0.15) is 45.9 Å². The monoisotopic (exact) mass is 267 g/mol. The Hall–Kier alpha value is -1.01. The molecular weight excluding hydrogens is 242 g/mol.